The van der Waals surface area contributed by atoms with Crippen LogP contribution in [0.2, 0.25) is 0 Å². The number of anilines is 1. The summed E-state index contributed by atoms with van der Waals surface area (Å²) in [5.41, 5.74) is 4.26. The summed E-state index contributed by atoms with van der Waals surface area (Å²) in [5.74, 6) is -0.105. The highest BCUT2D eigenvalue weighted by atomic mass is 16.5. The quantitative estimate of drug-likeness (QED) is 0.151. The molecule has 11 heteroatoms. The third-order valence-electron chi connectivity index (χ3n) is 9.27. The van der Waals surface area contributed by atoms with Gasteiger partial charge < -0.3 is 25.0 Å². The predicted molar refractivity (Wildman–Crippen MR) is 197 cm³/mol. The van der Waals surface area contributed by atoms with Gasteiger partial charge in [0.05, 0.1) is 30.1 Å². The molecule has 0 spiro atoms. The molecular formula is C39H56N6O5. The van der Waals surface area contributed by atoms with Gasteiger partial charge in [-0.3, -0.25) is 14.4 Å². The van der Waals surface area contributed by atoms with Crippen molar-refractivity contribution in [2.75, 3.05) is 44.9 Å². The van der Waals surface area contributed by atoms with Crippen molar-refractivity contribution < 1.29 is 23.9 Å². The van der Waals surface area contributed by atoms with Crippen LogP contribution in [0.25, 0.3) is 22.5 Å². The largest absolute Gasteiger partial charge is 0.380 e. The molecule has 4 rings (SSSR count). The Morgan fingerprint density at radius 1 is 0.900 bits per heavy atom. The van der Waals surface area contributed by atoms with Crippen molar-refractivity contribution in [3.8, 4) is 22.5 Å². The Balaban J connectivity index is 1.38. The smallest absolute Gasteiger partial charge is 0.227 e. The van der Waals surface area contributed by atoms with E-state index in [9.17, 15) is 14.4 Å². The van der Waals surface area contributed by atoms with E-state index in [0.29, 0.717) is 52.3 Å². The molecule has 0 saturated carbocycles. The third-order valence-corrected chi connectivity index (χ3v) is 9.27. The number of aryl methyl sites for hydroxylation is 1. The second-order valence-corrected chi connectivity index (χ2v) is 14.6. The second kappa shape index (κ2) is 17.8. The molecule has 3 aromatic rings. The number of ether oxygens (including phenoxy) is 2. The summed E-state index contributed by atoms with van der Waals surface area (Å²) < 4.78 is 13.8. The van der Waals surface area contributed by atoms with Crippen molar-refractivity contribution in [2.45, 2.75) is 92.3 Å². The zero-order valence-electron chi connectivity index (χ0n) is 31.0. The van der Waals surface area contributed by atoms with Gasteiger partial charge in [0, 0.05) is 68.1 Å². The van der Waals surface area contributed by atoms with Gasteiger partial charge in [-0.1, -0.05) is 75.4 Å². The lowest BCUT2D eigenvalue weighted by Crippen LogP contribution is -2.36. The van der Waals surface area contributed by atoms with Gasteiger partial charge in [-0.2, -0.15) is 0 Å². The summed E-state index contributed by atoms with van der Waals surface area (Å²) in [5, 5.41) is 15.2. The number of carbonyl (C=O) groups is 3. The summed E-state index contributed by atoms with van der Waals surface area (Å²) in [6, 6.07) is 15.8. The summed E-state index contributed by atoms with van der Waals surface area (Å²) in [6.07, 6.45) is 2.17. The van der Waals surface area contributed by atoms with E-state index in [-0.39, 0.29) is 36.4 Å². The molecule has 0 unspecified atom stereocenters. The number of nitrogens with one attached hydrogen (secondary N) is 2. The SMILES string of the molecule is CNCCOCCCn1nnc2c1-c1ccccc1CN(C(=O)CCC(=O)NCCC(C)(C)OCCC(C)(C)C(=O)C(C)C)c1ccccc1-2. The van der Waals surface area contributed by atoms with Crippen LogP contribution < -0.4 is 15.5 Å². The average molecular weight is 689 g/mol. The minimum atomic E-state index is -0.470. The lowest BCUT2D eigenvalue weighted by molar-refractivity contribution is -0.132. The van der Waals surface area contributed by atoms with E-state index in [1.807, 2.05) is 95.7 Å². The minimum absolute atomic E-state index is 0.0150. The Morgan fingerprint density at radius 3 is 2.36 bits per heavy atom. The Labute approximate surface area is 297 Å². The summed E-state index contributed by atoms with van der Waals surface area (Å²) in [6.45, 7) is 15.7. The molecule has 0 radical (unpaired) electrons. The fourth-order valence-electron chi connectivity index (χ4n) is 6.29. The first-order chi connectivity index (χ1) is 23.8. The van der Waals surface area contributed by atoms with Gasteiger partial charge in [0.1, 0.15) is 11.5 Å². The monoisotopic (exact) mass is 688 g/mol. The number of carbonyl (C=O) groups excluding carboxylic acids is 3. The zero-order chi connectivity index (χ0) is 36.3. The summed E-state index contributed by atoms with van der Waals surface area (Å²) in [4.78, 5) is 41.0. The number of nitrogens with zero attached hydrogens (tertiary/aromatic N) is 4. The van der Waals surface area contributed by atoms with Crippen molar-refractivity contribution in [1.82, 2.24) is 25.6 Å². The van der Waals surface area contributed by atoms with Crippen LogP contribution in [0.15, 0.2) is 48.5 Å². The number of likely N-dealkylation sites (N-methyl/N-ethyl adjacent to an activating group) is 1. The van der Waals surface area contributed by atoms with Crippen molar-refractivity contribution in [1.29, 1.82) is 0 Å². The molecular weight excluding hydrogens is 632 g/mol. The van der Waals surface area contributed by atoms with Crippen LogP contribution in [0.1, 0.15) is 79.2 Å². The molecule has 2 heterocycles. The molecule has 0 aliphatic carbocycles. The highest BCUT2D eigenvalue weighted by Crippen LogP contribution is 2.41. The number of fused-ring (bicyclic) bond motifs is 5. The standard InChI is InChI=1S/C39H56N6O5/c1-28(2)37(48)38(3,4)20-25-50-39(5,6)19-21-41-33(46)17-18-34(47)44-27-29-13-8-9-14-30(29)36-35(31-15-10-11-16-32(31)44)42-43-45(36)23-12-24-49-26-22-40-7/h8-11,13-16,28,40H,12,17-27H2,1-7H3,(H,41,46). The van der Waals surface area contributed by atoms with Crippen LogP contribution in [0.4, 0.5) is 5.69 Å². The van der Waals surface area contributed by atoms with Gasteiger partial charge in [0.2, 0.25) is 11.8 Å². The van der Waals surface area contributed by atoms with Crippen molar-refractivity contribution in [2.24, 2.45) is 11.3 Å². The Hall–Kier alpha value is -3.93. The molecule has 2 aromatic carbocycles. The van der Waals surface area contributed by atoms with E-state index in [1.165, 1.54) is 0 Å². The van der Waals surface area contributed by atoms with E-state index in [2.05, 4.69) is 27.0 Å². The zero-order valence-corrected chi connectivity index (χ0v) is 31.0. The average Bonchev–Trinajstić information content (AvgIpc) is 3.49. The van der Waals surface area contributed by atoms with Crippen LogP contribution in [-0.2, 0) is 36.9 Å². The van der Waals surface area contributed by atoms with Gasteiger partial charge >= 0.3 is 0 Å². The molecule has 50 heavy (non-hydrogen) atoms. The van der Waals surface area contributed by atoms with Crippen molar-refractivity contribution in [3.05, 3.63) is 54.1 Å². The van der Waals surface area contributed by atoms with Crippen LogP contribution in [-0.4, -0.2) is 78.2 Å². The molecule has 1 aliphatic heterocycles. The van der Waals surface area contributed by atoms with Crippen LogP contribution in [0.3, 0.4) is 0 Å². The lowest BCUT2D eigenvalue weighted by Gasteiger charge is -2.30. The lowest BCUT2D eigenvalue weighted by atomic mass is 9.80. The minimum Gasteiger partial charge on any atom is -0.380 e. The fourth-order valence-corrected chi connectivity index (χ4v) is 6.29. The molecule has 11 nitrogen and oxygen atoms in total. The highest BCUT2D eigenvalue weighted by molar-refractivity contribution is 6.01. The van der Waals surface area contributed by atoms with E-state index < -0.39 is 11.0 Å². The van der Waals surface area contributed by atoms with Crippen LogP contribution in [0, 0.1) is 11.3 Å². The van der Waals surface area contributed by atoms with Gasteiger partial charge in [-0.05, 0) is 51.8 Å². The van der Waals surface area contributed by atoms with Crippen molar-refractivity contribution >= 4 is 23.3 Å². The summed E-state index contributed by atoms with van der Waals surface area (Å²) >= 11 is 0. The predicted octanol–water partition coefficient (Wildman–Crippen LogP) is 5.81. The number of rotatable bonds is 19. The van der Waals surface area contributed by atoms with Crippen LogP contribution >= 0.6 is 0 Å². The molecule has 0 saturated heterocycles. The molecule has 0 atom stereocenters. The highest BCUT2D eigenvalue weighted by Gasteiger charge is 2.31. The maximum Gasteiger partial charge on any atom is 0.227 e. The van der Waals surface area contributed by atoms with E-state index >= 15 is 0 Å². The molecule has 0 fully saturated rings. The number of hydrogen-bond donors (Lipinski definition) is 2. The maximum absolute atomic E-state index is 13.9. The third kappa shape index (κ3) is 10.3. The van der Waals surface area contributed by atoms with Gasteiger partial charge in [0.25, 0.3) is 0 Å². The normalized spacial score (nSPS) is 12.9. The van der Waals surface area contributed by atoms with Crippen LogP contribution in [0.5, 0.6) is 0 Å². The van der Waals surface area contributed by atoms with E-state index in [0.717, 1.165) is 46.7 Å². The number of benzene rings is 2. The first-order valence-electron chi connectivity index (χ1n) is 17.9. The Kier molecular flexibility index (Phi) is 13.9. The number of ketones is 1. The first-order valence-corrected chi connectivity index (χ1v) is 17.9. The van der Waals surface area contributed by atoms with E-state index in [4.69, 9.17) is 9.47 Å². The molecule has 272 valence electrons. The topological polar surface area (TPSA) is 128 Å². The number of amides is 2. The number of hydrogen-bond acceptors (Lipinski definition) is 8. The maximum atomic E-state index is 13.9. The number of para-hydroxylation sites is 1. The van der Waals surface area contributed by atoms with Gasteiger partial charge in [0.15, 0.2) is 0 Å². The number of aromatic nitrogens is 3. The molecule has 1 aliphatic rings. The first kappa shape index (κ1) is 38.9. The molecule has 0 bridgehead atoms. The Morgan fingerprint density at radius 2 is 1.62 bits per heavy atom. The van der Waals surface area contributed by atoms with Crippen molar-refractivity contribution in [3.63, 3.8) is 0 Å². The molecule has 2 N–H and O–H groups in total. The summed E-state index contributed by atoms with van der Waals surface area (Å²) in [7, 11) is 1.90. The molecule has 1 aromatic heterocycles. The van der Waals surface area contributed by atoms with Gasteiger partial charge in [-0.15, -0.1) is 5.10 Å². The fraction of sp³-hybridized carbons (Fsp3) is 0.564. The Bertz CT molecular complexity index is 1600. The van der Waals surface area contributed by atoms with Gasteiger partial charge in [-0.25, -0.2) is 4.68 Å². The number of Topliss-reactive ketones (excluding diaryl/α,β-unsaturated/α-hetero) is 1. The molecule has 2 amide bonds. The second-order valence-electron chi connectivity index (χ2n) is 14.6. The van der Waals surface area contributed by atoms with E-state index in [1.54, 1.807) is 4.90 Å².